The highest BCUT2D eigenvalue weighted by Gasteiger charge is 2.44. The summed E-state index contributed by atoms with van der Waals surface area (Å²) >= 11 is 1.96. The van der Waals surface area contributed by atoms with Crippen molar-refractivity contribution >= 4 is 51.5 Å². The molecule has 1 heterocycles. The molecule has 1 aliphatic heterocycles. The predicted molar refractivity (Wildman–Crippen MR) is 154 cm³/mol. The van der Waals surface area contributed by atoms with Crippen LogP contribution in [0.4, 0.5) is 11.4 Å². The molecule has 13 nitrogen and oxygen atoms in total. The maximum absolute atomic E-state index is 13.4. The molecule has 2 aromatic carbocycles. The Morgan fingerprint density at radius 1 is 0.976 bits per heavy atom. The van der Waals surface area contributed by atoms with E-state index >= 15 is 0 Å². The highest BCUT2D eigenvalue weighted by molar-refractivity contribution is 14.1. The number of Topliss-reactive ketones (excluding diaryl/α,β-unsaturated/α-hetero) is 2. The molecule has 1 N–H and O–H groups in total. The Balaban J connectivity index is 1.65. The summed E-state index contributed by atoms with van der Waals surface area (Å²) < 4.78 is 11.9. The van der Waals surface area contributed by atoms with Crippen LogP contribution in [-0.2, 0) is 14.4 Å². The molecule has 5 rings (SSSR count). The molecule has 0 atom stereocenters. The number of benzene rings is 2. The van der Waals surface area contributed by atoms with Crippen molar-refractivity contribution in [2.24, 2.45) is 0 Å². The number of carbonyl (C=O) groups excluding carboxylic acids is 2. The third-order valence-electron chi connectivity index (χ3n) is 7.53. The summed E-state index contributed by atoms with van der Waals surface area (Å²) in [4.78, 5) is 61.5. The number of rotatable bonds is 8. The highest BCUT2D eigenvalue weighted by atomic mass is 127. The van der Waals surface area contributed by atoms with Gasteiger partial charge >= 0.3 is 11.7 Å². The van der Waals surface area contributed by atoms with Gasteiger partial charge in [-0.25, -0.2) is 0 Å². The summed E-state index contributed by atoms with van der Waals surface area (Å²) in [7, 11) is 1.37. The second-order valence-electron chi connectivity index (χ2n) is 9.99. The van der Waals surface area contributed by atoms with Crippen molar-refractivity contribution < 1.29 is 38.8 Å². The van der Waals surface area contributed by atoms with Gasteiger partial charge in [0, 0.05) is 47.4 Å². The van der Waals surface area contributed by atoms with Gasteiger partial charge < -0.3 is 19.5 Å². The second-order valence-corrected chi connectivity index (χ2v) is 11.2. The van der Waals surface area contributed by atoms with Crippen molar-refractivity contribution in [1.29, 1.82) is 0 Å². The van der Waals surface area contributed by atoms with Crippen molar-refractivity contribution in [3.05, 3.63) is 82.2 Å². The van der Waals surface area contributed by atoms with Crippen molar-refractivity contribution in [3.63, 3.8) is 0 Å². The molecular weight excluding hydrogens is 665 g/mol. The van der Waals surface area contributed by atoms with Crippen LogP contribution >= 0.6 is 22.6 Å². The number of carbonyl (C=O) groups is 3. The first-order chi connectivity index (χ1) is 20.0. The van der Waals surface area contributed by atoms with Crippen LogP contribution in [0.3, 0.4) is 0 Å². The van der Waals surface area contributed by atoms with Gasteiger partial charge in [-0.3, -0.25) is 34.6 Å². The molecule has 0 amide bonds. The Morgan fingerprint density at radius 2 is 1.60 bits per heavy atom. The summed E-state index contributed by atoms with van der Waals surface area (Å²) in [5, 5.41) is 32.5. The summed E-state index contributed by atoms with van der Waals surface area (Å²) in [6, 6.07) is 6.33. The highest BCUT2D eigenvalue weighted by Crippen LogP contribution is 2.51. The molecule has 42 heavy (non-hydrogen) atoms. The zero-order valence-electron chi connectivity index (χ0n) is 22.3. The molecule has 0 saturated carbocycles. The van der Waals surface area contributed by atoms with Gasteiger partial charge in [-0.1, -0.05) is 0 Å². The first kappa shape index (κ1) is 29.2. The molecule has 0 fully saturated rings. The van der Waals surface area contributed by atoms with Crippen molar-refractivity contribution in [2.75, 3.05) is 13.7 Å². The van der Waals surface area contributed by atoms with E-state index in [1.54, 1.807) is 17.0 Å². The minimum Gasteiger partial charge on any atom is -0.493 e. The fraction of sp³-hybridized carbons (Fsp3) is 0.321. The van der Waals surface area contributed by atoms with Gasteiger partial charge in [0.15, 0.2) is 23.1 Å². The fourth-order valence-electron chi connectivity index (χ4n) is 5.84. The standard InChI is InChI=1S/C28H24IN3O10/c1-41-23-11-14(10-16(29)28(23)42-22-9-8-15(31(37)38)12-19(22)32(39)40)25-26-17(4-2-6-20(26)33)30(13-24(35)36)18-5-3-7-21(34)27(18)25/h8-12,25H,2-7,13H2,1H3,(H,35,36). The molecule has 14 heteroatoms. The molecule has 0 saturated heterocycles. The lowest BCUT2D eigenvalue weighted by molar-refractivity contribution is -0.394. The van der Waals surface area contributed by atoms with Gasteiger partial charge in [-0.2, -0.15) is 0 Å². The Morgan fingerprint density at radius 3 is 2.12 bits per heavy atom. The molecule has 218 valence electrons. The third-order valence-corrected chi connectivity index (χ3v) is 8.33. The molecule has 0 unspecified atom stereocenters. The number of aliphatic carboxylic acids is 1. The van der Waals surface area contributed by atoms with E-state index in [4.69, 9.17) is 9.47 Å². The molecule has 2 aromatic rings. The molecule has 0 radical (unpaired) electrons. The zero-order chi connectivity index (χ0) is 30.3. The summed E-state index contributed by atoms with van der Waals surface area (Å²) in [6.07, 6.45) is 2.67. The number of allylic oxidation sites excluding steroid dienone is 4. The maximum atomic E-state index is 13.4. The van der Waals surface area contributed by atoms with Crippen LogP contribution in [0.1, 0.15) is 50.0 Å². The molecule has 0 spiro atoms. The lowest BCUT2D eigenvalue weighted by atomic mass is 9.71. The monoisotopic (exact) mass is 689 g/mol. The van der Waals surface area contributed by atoms with Crippen LogP contribution in [0.25, 0.3) is 0 Å². The summed E-state index contributed by atoms with van der Waals surface area (Å²) in [6.45, 7) is -0.355. The van der Waals surface area contributed by atoms with Crippen LogP contribution in [-0.4, -0.2) is 51.0 Å². The van der Waals surface area contributed by atoms with Gasteiger partial charge in [0.25, 0.3) is 5.69 Å². The van der Waals surface area contributed by atoms with Crippen molar-refractivity contribution in [3.8, 4) is 17.2 Å². The first-order valence-corrected chi connectivity index (χ1v) is 14.1. The summed E-state index contributed by atoms with van der Waals surface area (Å²) in [5.74, 6) is -2.10. The predicted octanol–water partition coefficient (Wildman–Crippen LogP) is 5.41. The number of carboxylic acids is 1. The van der Waals surface area contributed by atoms with Gasteiger partial charge in [0.2, 0.25) is 5.75 Å². The number of halogens is 1. The number of nitro groups is 2. The average molecular weight is 689 g/mol. The molecule has 0 aromatic heterocycles. The number of hydrogen-bond donors (Lipinski definition) is 1. The summed E-state index contributed by atoms with van der Waals surface area (Å²) in [5.41, 5.74) is 1.50. The van der Waals surface area contributed by atoms with E-state index in [-0.39, 0.29) is 48.2 Å². The van der Waals surface area contributed by atoms with Crippen LogP contribution in [0.2, 0.25) is 0 Å². The number of ether oxygens (including phenoxy) is 2. The van der Waals surface area contributed by atoms with Gasteiger partial charge in [-0.05, 0) is 72.0 Å². The molecule has 2 aliphatic carbocycles. The molecule has 0 bridgehead atoms. The molecular formula is C28H24IN3O10. The van der Waals surface area contributed by atoms with Crippen LogP contribution in [0.5, 0.6) is 17.2 Å². The van der Waals surface area contributed by atoms with Crippen LogP contribution < -0.4 is 9.47 Å². The van der Waals surface area contributed by atoms with Gasteiger partial charge in [-0.15, -0.1) is 0 Å². The number of non-ortho nitro benzene ring substituents is 1. The van der Waals surface area contributed by atoms with Crippen molar-refractivity contribution in [2.45, 2.75) is 44.4 Å². The maximum Gasteiger partial charge on any atom is 0.323 e. The SMILES string of the molecule is COc1cc(C2C3=C(CCCC3=O)N(CC(=O)O)C3=C2C(=O)CCC3)cc(I)c1Oc1ccc([N+](=O)[O-])cc1[N+](=O)[O-]. The minimum atomic E-state index is -1.07. The largest absolute Gasteiger partial charge is 0.493 e. The van der Waals surface area contributed by atoms with E-state index in [1.165, 1.54) is 7.11 Å². The lowest BCUT2D eigenvalue weighted by Crippen LogP contribution is -2.41. The van der Waals surface area contributed by atoms with E-state index < -0.39 is 33.1 Å². The zero-order valence-corrected chi connectivity index (χ0v) is 24.4. The second kappa shape index (κ2) is 11.5. The fourth-order valence-corrected chi connectivity index (χ4v) is 6.58. The van der Waals surface area contributed by atoms with Gasteiger partial charge in [0.1, 0.15) is 6.54 Å². The van der Waals surface area contributed by atoms with E-state index in [0.29, 0.717) is 57.4 Å². The number of ketones is 2. The van der Waals surface area contributed by atoms with Crippen molar-refractivity contribution in [1.82, 2.24) is 4.90 Å². The number of hydrogen-bond acceptors (Lipinski definition) is 10. The van der Waals surface area contributed by atoms with E-state index in [1.807, 2.05) is 22.6 Å². The van der Waals surface area contributed by atoms with Gasteiger partial charge in [0.05, 0.1) is 26.6 Å². The Hall–Kier alpha value is -4.34. The normalized spacial score (nSPS) is 17.1. The van der Waals surface area contributed by atoms with Crippen LogP contribution in [0, 0.1) is 23.8 Å². The number of nitro benzene ring substituents is 2. The minimum absolute atomic E-state index is 0.107. The Bertz CT molecular complexity index is 1590. The smallest absolute Gasteiger partial charge is 0.323 e. The Kier molecular flexibility index (Phi) is 7.99. The average Bonchev–Trinajstić information content (AvgIpc) is 2.94. The number of methoxy groups -OCH3 is 1. The number of carboxylic acid groups (broad SMARTS) is 1. The van der Waals surface area contributed by atoms with E-state index in [0.717, 1.165) is 18.2 Å². The van der Waals surface area contributed by atoms with E-state index in [9.17, 15) is 39.7 Å². The van der Waals surface area contributed by atoms with E-state index in [2.05, 4.69) is 0 Å². The van der Waals surface area contributed by atoms with Crippen LogP contribution in [0.15, 0.2) is 52.9 Å². The molecule has 3 aliphatic rings. The first-order valence-electron chi connectivity index (χ1n) is 13.0. The Labute approximate surface area is 252 Å². The number of nitrogens with zero attached hydrogens (tertiary/aromatic N) is 3. The third kappa shape index (κ3) is 5.21. The topological polar surface area (TPSA) is 179 Å². The quantitative estimate of drug-likeness (QED) is 0.213. The lowest BCUT2D eigenvalue weighted by Gasteiger charge is -2.43.